The van der Waals surface area contributed by atoms with E-state index in [-0.39, 0.29) is 5.78 Å². The molecule has 1 aliphatic heterocycles. The van der Waals surface area contributed by atoms with Crippen molar-refractivity contribution in [1.82, 2.24) is 0 Å². The van der Waals surface area contributed by atoms with Crippen LogP contribution in [0.3, 0.4) is 0 Å². The van der Waals surface area contributed by atoms with Crippen LogP contribution in [0, 0.1) is 5.92 Å². The van der Waals surface area contributed by atoms with E-state index in [0.29, 0.717) is 24.1 Å². The maximum Gasteiger partial charge on any atom is 0.261 e. The Hall–Kier alpha value is -1.68. The first-order valence-corrected chi connectivity index (χ1v) is 9.30. The van der Waals surface area contributed by atoms with Crippen LogP contribution in [-0.4, -0.2) is 16.8 Å². The molecule has 0 spiro atoms. The molecule has 4 heteroatoms. The molecule has 2 aliphatic rings. The Morgan fingerprint density at radius 3 is 2.29 bits per heavy atom. The lowest BCUT2D eigenvalue weighted by Gasteiger charge is -2.30. The largest absolute Gasteiger partial charge is 0.375 e. The number of ketones is 1. The summed E-state index contributed by atoms with van der Waals surface area (Å²) >= 11 is 0. The summed E-state index contributed by atoms with van der Waals surface area (Å²) in [5, 5.41) is 14.0. The zero-order valence-corrected chi connectivity index (χ0v) is 14.2. The third-order valence-corrected chi connectivity index (χ3v) is 5.49. The summed E-state index contributed by atoms with van der Waals surface area (Å²) in [7, 11) is 0. The van der Waals surface area contributed by atoms with E-state index in [1.165, 1.54) is 25.7 Å². The van der Waals surface area contributed by atoms with Crippen LogP contribution in [0.4, 0.5) is 5.69 Å². The average molecular weight is 329 g/mol. The van der Waals surface area contributed by atoms with Gasteiger partial charge in [-0.1, -0.05) is 63.1 Å². The van der Waals surface area contributed by atoms with Crippen molar-refractivity contribution >= 4 is 17.4 Å². The number of hydrogen-bond donors (Lipinski definition) is 2. The Balaban J connectivity index is 1.87. The van der Waals surface area contributed by atoms with Gasteiger partial charge in [-0.05, 0) is 18.9 Å². The minimum Gasteiger partial charge on any atom is -0.375 e. The molecule has 130 valence electrons. The Morgan fingerprint density at radius 2 is 1.54 bits per heavy atom. The third kappa shape index (κ3) is 3.25. The van der Waals surface area contributed by atoms with E-state index in [9.17, 15) is 14.7 Å². The van der Waals surface area contributed by atoms with Crippen LogP contribution in [0.1, 0.15) is 69.8 Å². The zero-order chi connectivity index (χ0) is 17.0. The molecule has 1 aliphatic carbocycles. The van der Waals surface area contributed by atoms with Crippen LogP contribution in [0.15, 0.2) is 24.3 Å². The van der Waals surface area contributed by atoms with E-state index >= 15 is 0 Å². The quantitative estimate of drug-likeness (QED) is 0.820. The van der Waals surface area contributed by atoms with Crippen LogP contribution in [0.25, 0.3) is 0 Å². The van der Waals surface area contributed by atoms with Crippen molar-refractivity contribution < 1.29 is 14.7 Å². The van der Waals surface area contributed by atoms with Crippen molar-refractivity contribution in [2.75, 3.05) is 5.32 Å². The predicted molar refractivity (Wildman–Crippen MR) is 93.6 cm³/mol. The maximum atomic E-state index is 12.8. The second-order valence-corrected chi connectivity index (χ2v) is 7.15. The molecule has 1 amide bonds. The molecule has 1 fully saturated rings. The van der Waals surface area contributed by atoms with Crippen molar-refractivity contribution in [1.29, 1.82) is 0 Å². The summed E-state index contributed by atoms with van der Waals surface area (Å²) in [4.78, 5) is 25.4. The molecule has 24 heavy (non-hydrogen) atoms. The number of rotatable bonds is 1. The predicted octanol–water partition coefficient (Wildman–Crippen LogP) is 3.93. The van der Waals surface area contributed by atoms with E-state index in [2.05, 4.69) is 5.32 Å². The van der Waals surface area contributed by atoms with Crippen molar-refractivity contribution in [3.8, 4) is 0 Å². The molecule has 0 saturated heterocycles. The van der Waals surface area contributed by atoms with Crippen molar-refractivity contribution in [3.05, 3.63) is 29.8 Å². The van der Waals surface area contributed by atoms with Crippen LogP contribution in [-0.2, 0) is 15.2 Å². The zero-order valence-electron chi connectivity index (χ0n) is 14.2. The first kappa shape index (κ1) is 17.2. The highest BCUT2D eigenvalue weighted by atomic mass is 16.3. The first-order chi connectivity index (χ1) is 11.6. The smallest absolute Gasteiger partial charge is 0.261 e. The molecule has 1 aromatic rings. The molecule has 1 saturated carbocycles. The molecule has 0 radical (unpaired) electrons. The third-order valence-electron chi connectivity index (χ3n) is 5.49. The highest BCUT2D eigenvalue weighted by Gasteiger charge is 2.52. The minimum atomic E-state index is -1.71. The van der Waals surface area contributed by atoms with Gasteiger partial charge in [0.05, 0.1) is 5.92 Å². The number of carbonyl (C=O) groups excluding carboxylic acids is 2. The van der Waals surface area contributed by atoms with Gasteiger partial charge in [0, 0.05) is 17.7 Å². The number of anilines is 1. The summed E-state index contributed by atoms with van der Waals surface area (Å²) in [6.45, 7) is 0. The van der Waals surface area contributed by atoms with E-state index in [1.807, 2.05) is 12.1 Å². The van der Waals surface area contributed by atoms with Gasteiger partial charge in [0.2, 0.25) is 0 Å². The Kier molecular flexibility index (Phi) is 5.34. The summed E-state index contributed by atoms with van der Waals surface area (Å²) < 4.78 is 0. The Morgan fingerprint density at radius 1 is 0.917 bits per heavy atom. The molecule has 4 nitrogen and oxygen atoms in total. The number of para-hydroxylation sites is 1. The summed E-state index contributed by atoms with van der Waals surface area (Å²) in [6, 6.07) is 7.18. The topological polar surface area (TPSA) is 66.4 Å². The molecule has 0 aromatic heterocycles. The average Bonchev–Trinajstić information content (AvgIpc) is 2.83. The van der Waals surface area contributed by atoms with Crippen LogP contribution >= 0.6 is 0 Å². The number of benzene rings is 1. The van der Waals surface area contributed by atoms with Gasteiger partial charge >= 0.3 is 0 Å². The summed E-state index contributed by atoms with van der Waals surface area (Å²) in [5.41, 5.74) is -0.526. The van der Waals surface area contributed by atoms with Gasteiger partial charge in [-0.25, -0.2) is 0 Å². The van der Waals surface area contributed by atoms with Crippen LogP contribution in [0.5, 0.6) is 0 Å². The molecule has 2 atom stereocenters. The first-order valence-electron chi connectivity index (χ1n) is 9.30. The van der Waals surface area contributed by atoms with Crippen LogP contribution < -0.4 is 5.32 Å². The van der Waals surface area contributed by atoms with E-state index in [1.54, 1.807) is 12.1 Å². The molecule has 0 bridgehead atoms. The van der Waals surface area contributed by atoms with Crippen molar-refractivity contribution in [3.63, 3.8) is 0 Å². The molecule has 3 rings (SSSR count). The van der Waals surface area contributed by atoms with Gasteiger partial charge in [-0.2, -0.15) is 0 Å². The van der Waals surface area contributed by atoms with E-state index in [4.69, 9.17) is 0 Å². The van der Waals surface area contributed by atoms with Gasteiger partial charge in [0.1, 0.15) is 5.78 Å². The molecule has 0 unspecified atom stereocenters. The number of carbonyl (C=O) groups is 2. The highest BCUT2D eigenvalue weighted by Crippen LogP contribution is 2.43. The number of fused-ring (bicyclic) bond motifs is 1. The lowest BCUT2D eigenvalue weighted by Crippen LogP contribution is -2.45. The number of hydrogen-bond acceptors (Lipinski definition) is 3. The summed E-state index contributed by atoms with van der Waals surface area (Å²) in [6.07, 6.45) is 9.72. The number of amides is 1. The Bertz CT molecular complexity index is 613. The number of Topliss-reactive ketones (excluding diaryl/α,β-unsaturated/α-hetero) is 1. The highest BCUT2D eigenvalue weighted by molar-refractivity contribution is 6.07. The molecular formula is C20H27NO3. The van der Waals surface area contributed by atoms with Crippen LogP contribution in [0.2, 0.25) is 0 Å². The van der Waals surface area contributed by atoms with E-state index < -0.39 is 17.4 Å². The molecular weight excluding hydrogens is 302 g/mol. The Labute approximate surface area is 143 Å². The van der Waals surface area contributed by atoms with Gasteiger partial charge in [0.15, 0.2) is 5.60 Å². The fourth-order valence-corrected chi connectivity index (χ4v) is 4.10. The lowest BCUT2D eigenvalue weighted by molar-refractivity contribution is -0.149. The normalized spacial score (nSPS) is 29.3. The number of aliphatic hydroxyl groups is 1. The molecule has 1 heterocycles. The fourth-order valence-electron chi connectivity index (χ4n) is 4.10. The van der Waals surface area contributed by atoms with Crippen molar-refractivity contribution in [2.45, 2.75) is 69.8 Å². The SMILES string of the molecule is O=C1CCCCCCCCCC[C@@H]1[C@@]1(O)C(=O)Nc2ccccc21. The summed E-state index contributed by atoms with van der Waals surface area (Å²) in [5.74, 6) is -1.06. The van der Waals surface area contributed by atoms with E-state index in [0.717, 1.165) is 25.7 Å². The second kappa shape index (κ2) is 7.47. The van der Waals surface area contributed by atoms with Crippen molar-refractivity contribution in [2.24, 2.45) is 5.92 Å². The second-order valence-electron chi connectivity index (χ2n) is 7.15. The maximum absolute atomic E-state index is 12.8. The number of nitrogens with one attached hydrogen (secondary N) is 1. The van der Waals surface area contributed by atoms with Gasteiger partial charge in [0.25, 0.3) is 5.91 Å². The van der Waals surface area contributed by atoms with Gasteiger partial charge < -0.3 is 10.4 Å². The lowest BCUT2D eigenvalue weighted by atomic mass is 9.75. The molecule has 1 aromatic carbocycles. The minimum absolute atomic E-state index is 0.0323. The standard InChI is InChI=1S/C20H27NO3/c22-18-14-8-6-4-2-1-3-5-7-12-16(18)20(24)15-11-9-10-13-17(15)21-19(20)23/h9-11,13,16,24H,1-8,12,14H2,(H,21,23)/t16-,20+/m0/s1. The molecule has 2 N–H and O–H groups in total. The monoisotopic (exact) mass is 329 g/mol. The van der Waals surface area contributed by atoms with Gasteiger partial charge in [-0.15, -0.1) is 0 Å². The fraction of sp³-hybridized carbons (Fsp3) is 0.600. The van der Waals surface area contributed by atoms with Gasteiger partial charge in [-0.3, -0.25) is 9.59 Å².